The number of hydrogen-bond acceptors (Lipinski definition) is 2. The zero-order valence-corrected chi connectivity index (χ0v) is 12.4. The van der Waals surface area contributed by atoms with Crippen LogP contribution in [0.15, 0.2) is 24.3 Å². The Morgan fingerprint density at radius 3 is 2.28 bits per heavy atom. The van der Waals surface area contributed by atoms with Gasteiger partial charge in [-0.1, -0.05) is 34.8 Å². The molecule has 2 aromatic rings. The van der Waals surface area contributed by atoms with Crippen LogP contribution in [0.4, 0.5) is 10.1 Å². The van der Waals surface area contributed by atoms with E-state index >= 15 is 0 Å². The molecule has 96 valence electrons. The number of nitrogens with one attached hydrogen (secondary N) is 1. The van der Waals surface area contributed by atoms with Gasteiger partial charge in [-0.3, -0.25) is 0 Å². The Morgan fingerprint density at radius 1 is 1.17 bits per heavy atom. The zero-order valence-electron chi connectivity index (χ0n) is 9.31. The molecule has 1 unspecified atom stereocenters. The van der Waals surface area contributed by atoms with E-state index in [0.717, 1.165) is 9.21 Å². The molecule has 0 spiro atoms. The molecule has 1 aromatic heterocycles. The maximum atomic E-state index is 13.1. The van der Waals surface area contributed by atoms with Crippen LogP contribution in [0.3, 0.4) is 0 Å². The molecule has 0 saturated heterocycles. The fourth-order valence-electron chi connectivity index (χ4n) is 1.53. The number of rotatable bonds is 3. The topological polar surface area (TPSA) is 12.0 Å². The average molecular weight is 325 g/mol. The van der Waals surface area contributed by atoms with Gasteiger partial charge in [0, 0.05) is 4.88 Å². The summed E-state index contributed by atoms with van der Waals surface area (Å²) in [6.07, 6.45) is 0. The van der Waals surface area contributed by atoms with E-state index in [0.29, 0.717) is 5.69 Å². The van der Waals surface area contributed by atoms with E-state index in [9.17, 15) is 4.39 Å². The summed E-state index contributed by atoms with van der Waals surface area (Å²) in [7, 11) is 0. The van der Waals surface area contributed by atoms with Gasteiger partial charge in [0.2, 0.25) is 0 Å². The number of thiophene rings is 1. The third-order valence-corrected chi connectivity index (χ3v) is 4.40. The van der Waals surface area contributed by atoms with E-state index in [1.807, 2.05) is 19.1 Å². The van der Waals surface area contributed by atoms with E-state index in [2.05, 4.69) is 5.32 Å². The Balaban J connectivity index is 2.24. The molecule has 1 nitrogen and oxygen atoms in total. The Kier molecular flexibility index (Phi) is 4.38. The van der Waals surface area contributed by atoms with Crippen LogP contribution in [0.25, 0.3) is 0 Å². The first-order valence-electron chi connectivity index (χ1n) is 5.13. The summed E-state index contributed by atoms with van der Waals surface area (Å²) in [6.45, 7) is 1.96. The fourth-order valence-corrected chi connectivity index (χ4v) is 3.16. The van der Waals surface area contributed by atoms with Crippen LogP contribution in [-0.2, 0) is 0 Å². The van der Waals surface area contributed by atoms with Gasteiger partial charge in [0.15, 0.2) is 0 Å². The standard InChI is InChI=1S/C12H9Cl3FNS/c1-6(10-2-3-11(15)18-10)17-12-8(13)4-7(16)5-9(12)14/h2-6,17H,1H3. The lowest BCUT2D eigenvalue weighted by atomic mass is 10.2. The summed E-state index contributed by atoms with van der Waals surface area (Å²) >= 11 is 19.3. The molecule has 0 radical (unpaired) electrons. The molecule has 1 heterocycles. The van der Waals surface area contributed by atoms with Gasteiger partial charge in [-0.25, -0.2) is 4.39 Å². The van der Waals surface area contributed by atoms with Crippen LogP contribution in [-0.4, -0.2) is 0 Å². The van der Waals surface area contributed by atoms with E-state index in [1.165, 1.54) is 23.5 Å². The fraction of sp³-hybridized carbons (Fsp3) is 0.167. The molecule has 1 N–H and O–H groups in total. The summed E-state index contributed by atoms with van der Waals surface area (Å²) in [6, 6.07) is 6.19. The van der Waals surface area contributed by atoms with Crippen molar-refractivity contribution in [2.75, 3.05) is 5.32 Å². The summed E-state index contributed by atoms with van der Waals surface area (Å²) in [5.41, 5.74) is 0.525. The monoisotopic (exact) mass is 323 g/mol. The van der Waals surface area contributed by atoms with Gasteiger partial charge in [-0.05, 0) is 31.2 Å². The van der Waals surface area contributed by atoms with Crippen molar-refractivity contribution in [2.24, 2.45) is 0 Å². The van der Waals surface area contributed by atoms with E-state index in [-0.39, 0.29) is 16.1 Å². The second kappa shape index (κ2) is 5.66. The van der Waals surface area contributed by atoms with Gasteiger partial charge in [-0.2, -0.15) is 0 Å². The minimum atomic E-state index is -0.456. The Hall–Kier alpha value is -0.480. The van der Waals surface area contributed by atoms with Crippen LogP contribution in [0, 0.1) is 5.82 Å². The zero-order chi connectivity index (χ0) is 13.3. The first-order valence-corrected chi connectivity index (χ1v) is 7.08. The van der Waals surface area contributed by atoms with Crippen LogP contribution in [0.1, 0.15) is 17.8 Å². The van der Waals surface area contributed by atoms with Gasteiger partial charge in [0.1, 0.15) is 5.82 Å². The highest BCUT2D eigenvalue weighted by Crippen LogP contribution is 2.35. The lowest BCUT2D eigenvalue weighted by molar-refractivity contribution is 0.628. The van der Waals surface area contributed by atoms with Crippen LogP contribution in [0.5, 0.6) is 0 Å². The Morgan fingerprint density at radius 2 is 1.78 bits per heavy atom. The largest absolute Gasteiger partial charge is 0.375 e. The third kappa shape index (κ3) is 3.09. The second-order valence-electron chi connectivity index (χ2n) is 3.75. The molecular formula is C12H9Cl3FNS. The molecule has 6 heteroatoms. The van der Waals surface area contributed by atoms with Gasteiger partial charge in [-0.15, -0.1) is 11.3 Å². The Labute approximate surface area is 123 Å². The third-order valence-electron chi connectivity index (χ3n) is 2.39. The van der Waals surface area contributed by atoms with E-state index in [4.69, 9.17) is 34.8 Å². The normalized spacial score (nSPS) is 12.5. The molecule has 1 atom stereocenters. The molecule has 18 heavy (non-hydrogen) atoms. The highest BCUT2D eigenvalue weighted by Gasteiger charge is 2.13. The molecule has 0 aliphatic heterocycles. The Bertz CT molecular complexity index is 547. The SMILES string of the molecule is CC(Nc1c(Cl)cc(F)cc1Cl)c1ccc(Cl)s1. The van der Waals surface area contributed by atoms with Crippen molar-refractivity contribution in [1.82, 2.24) is 0 Å². The highest BCUT2D eigenvalue weighted by molar-refractivity contribution is 7.16. The molecule has 0 saturated carbocycles. The lowest BCUT2D eigenvalue weighted by Crippen LogP contribution is -2.06. The predicted molar refractivity (Wildman–Crippen MR) is 77.8 cm³/mol. The minimum absolute atomic E-state index is 0.0111. The smallest absolute Gasteiger partial charge is 0.126 e. The van der Waals surface area contributed by atoms with Crippen molar-refractivity contribution >= 4 is 51.8 Å². The van der Waals surface area contributed by atoms with E-state index < -0.39 is 5.82 Å². The first kappa shape index (κ1) is 13.9. The van der Waals surface area contributed by atoms with Crippen LogP contribution < -0.4 is 5.32 Å². The summed E-state index contributed by atoms with van der Waals surface area (Å²) in [5, 5.41) is 3.67. The summed E-state index contributed by atoms with van der Waals surface area (Å²) < 4.78 is 13.8. The van der Waals surface area contributed by atoms with Crippen molar-refractivity contribution in [3.8, 4) is 0 Å². The number of benzene rings is 1. The van der Waals surface area contributed by atoms with Crippen molar-refractivity contribution in [2.45, 2.75) is 13.0 Å². The summed E-state index contributed by atoms with van der Waals surface area (Å²) in [4.78, 5) is 1.05. The maximum Gasteiger partial charge on any atom is 0.126 e. The molecule has 0 aliphatic carbocycles. The lowest BCUT2D eigenvalue weighted by Gasteiger charge is -2.16. The second-order valence-corrected chi connectivity index (χ2v) is 6.31. The predicted octanol–water partition coefficient (Wildman–Crippen LogP) is 6.02. The number of halogens is 4. The molecule has 0 aliphatic rings. The van der Waals surface area contributed by atoms with Crippen molar-refractivity contribution in [3.05, 3.63) is 49.3 Å². The molecule has 0 fully saturated rings. The maximum absolute atomic E-state index is 13.1. The summed E-state index contributed by atoms with van der Waals surface area (Å²) in [5.74, 6) is -0.456. The van der Waals surface area contributed by atoms with Crippen LogP contribution >= 0.6 is 46.1 Å². The van der Waals surface area contributed by atoms with Crippen molar-refractivity contribution in [1.29, 1.82) is 0 Å². The molecule has 2 rings (SSSR count). The van der Waals surface area contributed by atoms with Crippen LogP contribution in [0.2, 0.25) is 14.4 Å². The van der Waals surface area contributed by atoms with E-state index in [1.54, 1.807) is 0 Å². The quantitative estimate of drug-likeness (QED) is 0.728. The first-order chi connectivity index (χ1) is 8.47. The van der Waals surface area contributed by atoms with Gasteiger partial charge >= 0.3 is 0 Å². The van der Waals surface area contributed by atoms with Crippen molar-refractivity contribution in [3.63, 3.8) is 0 Å². The minimum Gasteiger partial charge on any atom is -0.375 e. The molecule has 0 amide bonds. The van der Waals surface area contributed by atoms with Gasteiger partial charge in [0.05, 0.1) is 26.1 Å². The number of anilines is 1. The van der Waals surface area contributed by atoms with Gasteiger partial charge < -0.3 is 5.32 Å². The molecule has 1 aromatic carbocycles. The average Bonchev–Trinajstić information content (AvgIpc) is 2.70. The molecular weight excluding hydrogens is 316 g/mol. The number of hydrogen-bond donors (Lipinski definition) is 1. The van der Waals surface area contributed by atoms with Crippen molar-refractivity contribution < 1.29 is 4.39 Å². The molecule has 0 bridgehead atoms. The highest BCUT2D eigenvalue weighted by atomic mass is 35.5. The van der Waals surface area contributed by atoms with Gasteiger partial charge in [0.25, 0.3) is 0 Å².